The van der Waals surface area contributed by atoms with Gasteiger partial charge in [0.25, 0.3) is 0 Å². The zero-order chi connectivity index (χ0) is 19.1. The van der Waals surface area contributed by atoms with Crippen LogP contribution in [0.2, 0.25) is 0 Å². The number of imidazole rings is 1. The molecule has 1 aromatic heterocycles. The number of carbonyl (C=O) groups excluding carboxylic acids is 1. The van der Waals surface area contributed by atoms with E-state index in [1.165, 1.54) is 12.8 Å². The number of fused-ring (bicyclic) bond motifs is 2. The summed E-state index contributed by atoms with van der Waals surface area (Å²) in [5.41, 5.74) is 3.16. The van der Waals surface area contributed by atoms with Gasteiger partial charge in [0.2, 0.25) is 5.91 Å². The summed E-state index contributed by atoms with van der Waals surface area (Å²) in [6.07, 6.45) is 7.99. The average molecular weight is 383 g/mol. The summed E-state index contributed by atoms with van der Waals surface area (Å²) in [5.74, 6) is 0.190. The quantitative estimate of drug-likeness (QED) is 0.761. The van der Waals surface area contributed by atoms with Crippen LogP contribution in [0.5, 0.6) is 0 Å². The van der Waals surface area contributed by atoms with Crippen molar-refractivity contribution in [3.63, 3.8) is 0 Å². The first-order valence-corrected chi connectivity index (χ1v) is 10.7. The van der Waals surface area contributed by atoms with E-state index < -0.39 is 0 Å². The Hall–Kier alpha value is -2.28. The average Bonchev–Trinajstić information content (AvgIpc) is 3.35. The van der Waals surface area contributed by atoms with Gasteiger partial charge in [0.1, 0.15) is 0 Å². The number of benzene rings is 1. The maximum atomic E-state index is 13.3. The number of aromatic nitrogens is 2. The zero-order valence-electron chi connectivity index (χ0n) is 16.3. The third-order valence-electron chi connectivity index (χ3n) is 6.76. The third kappa shape index (κ3) is 3.21. The molecular weight excluding hydrogens is 354 g/mol. The predicted molar refractivity (Wildman–Crippen MR) is 111 cm³/mol. The molecule has 3 aliphatic rings. The molecule has 0 spiro atoms. The highest BCUT2D eigenvalue weighted by Gasteiger charge is 2.37. The Balaban J connectivity index is 1.45. The van der Waals surface area contributed by atoms with Gasteiger partial charge in [0.05, 0.1) is 28.3 Å². The summed E-state index contributed by atoms with van der Waals surface area (Å²) >= 11 is 0. The second kappa shape index (κ2) is 7.28. The van der Waals surface area contributed by atoms with Crippen LogP contribution in [0, 0.1) is 5.92 Å². The molecule has 3 aliphatic heterocycles. The first-order chi connectivity index (χ1) is 13.7. The lowest BCUT2D eigenvalue weighted by atomic mass is 9.83. The monoisotopic (exact) mass is 383 g/mol. The van der Waals surface area contributed by atoms with E-state index in [0.29, 0.717) is 6.04 Å². The van der Waals surface area contributed by atoms with Gasteiger partial charge in [-0.15, -0.1) is 0 Å². The van der Waals surface area contributed by atoms with Crippen LogP contribution in [-0.2, 0) is 4.79 Å². The van der Waals surface area contributed by atoms with Gasteiger partial charge in [-0.3, -0.25) is 9.69 Å². The summed E-state index contributed by atoms with van der Waals surface area (Å²) in [6, 6.07) is 4.30. The van der Waals surface area contributed by atoms with Crippen molar-refractivity contribution in [2.75, 3.05) is 36.4 Å². The fraction of sp³-hybridized carbons (Fsp3) is 0.619. The highest BCUT2D eigenvalue weighted by Crippen LogP contribution is 2.35. The normalized spacial score (nSPS) is 25.8. The van der Waals surface area contributed by atoms with Crippen molar-refractivity contribution in [3.05, 3.63) is 22.6 Å². The van der Waals surface area contributed by atoms with Crippen LogP contribution in [0.4, 0.5) is 11.4 Å². The molecule has 150 valence electrons. The lowest BCUT2D eigenvalue weighted by Gasteiger charge is -2.43. The molecule has 0 bridgehead atoms. The molecule has 0 saturated carbocycles. The minimum absolute atomic E-state index is 0.0569. The van der Waals surface area contributed by atoms with Gasteiger partial charge in [-0.25, -0.2) is 4.79 Å². The summed E-state index contributed by atoms with van der Waals surface area (Å²) in [4.78, 5) is 35.5. The van der Waals surface area contributed by atoms with Crippen LogP contribution in [0.15, 0.2) is 16.9 Å². The van der Waals surface area contributed by atoms with Gasteiger partial charge >= 0.3 is 5.69 Å². The van der Waals surface area contributed by atoms with E-state index in [4.69, 9.17) is 0 Å². The SMILES string of the molecule is O=C(Nc1cc2[nH]c(=O)[nH]c2cc1N1CCCC1)[C@@H]1CCCN2CCCC[C@H]12. The number of aromatic amines is 2. The van der Waals surface area contributed by atoms with Gasteiger partial charge in [0, 0.05) is 19.1 Å². The maximum absolute atomic E-state index is 13.3. The zero-order valence-corrected chi connectivity index (χ0v) is 16.3. The number of carbonyl (C=O) groups is 1. The molecule has 5 rings (SSSR count). The number of amides is 1. The topological polar surface area (TPSA) is 84.2 Å². The summed E-state index contributed by atoms with van der Waals surface area (Å²) in [5, 5.41) is 3.25. The number of nitrogens with one attached hydrogen (secondary N) is 3. The fourth-order valence-corrected chi connectivity index (χ4v) is 5.38. The van der Waals surface area contributed by atoms with Crippen LogP contribution in [0.25, 0.3) is 11.0 Å². The lowest BCUT2D eigenvalue weighted by Crippen LogP contribution is -2.51. The summed E-state index contributed by atoms with van der Waals surface area (Å²) in [6.45, 7) is 4.24. The standard InChI is InChI=1S/C21H29N5O2/c27-20(14-6-5-11-25-8-2-1-7-18(14)25)22-17-12-15-16(24-21(28)23-15)13-19(17)26-9-3-4-10-26/h12-14,18H,1-11H2,(H,22,27)(H2,23,24,28)/t14-,18-/m1/s1. The number of hydrogen-bond donors (Lipinski definition) is 3. The van der Waals surface area contributed by atoms with Crippen LogP contribution in [0.1, 0.15) is 44.9 Å². The van der Waals surface area contributed by atoms with E-state index in [0.717, 1.165) is 80.7 Å². The van der Waals surface area contributed by atoms with Crippen molar-refractivity contribution in [2.24, 2.45) is 5.92 Å². The van der Waals surface area contributed by atoms with Gasteiger partial charge < -0.3 is 20.2 Å². The predicted octanol–water partition coefficient (Wildman–Crippen LogP) is 2.66. The van der Waals surface area contributed by atoms with E-state index in [1.807, 2.05) is 12.1 Å². The van der Waals surface area contributed by atoms with Crippen molar-refractivity contribution in [2.45, 2.75) is 51.0 Å². The number of piperidine rings is 2. The molecule has 7 nitrogen and oxygen atoms in total. The van der Waals surface area contributed by atoms with Gasteiger partial charge in [-0.05, 0) is 63.7 Å². The third-order valence-corrected chi connectivity index (χ3v) is 6.76. The van der Waals surface area contributed by atoms with E-state index in [1.54, 1.807) is 0 Å². The first kappa shape index (κ1) is 17.8. The van der Waals surface area contributed by atoms with E-state index in [-0.39, 0.29) is 17.5 Å². The molecule has 2 atom stereocenters. The Kier molecular flexibility index (Phi) is 4.62. The van der Waals surface area contributed by atoms with E-state index in [2.05, 4.69) is 25.1 Å². The van der Waals surface area contributed by atoms with Crippen molar-refractivity contribution >= 4 is 28.3 Å². The van der Waals surface area contributed by atoms with Crippen LogP contribution in [-0.4, -0.2) is 53.0 Å². The largest absolute Gasteiger partial charge is 0.370 e. The number of hydrogen-bond acceptors (Lipinski definition) is 4. The van der Waals surface area contributed by atoms with Crippen LogP contribution >= 0.6 is 0 Å². The molecule has 4 heterocycles. The minimum Gasteiger partial charge on any atom is -0.370 e. The highest BCUT2D eigenvalue weighted by atomic mass is 16.2. The summed E-state index contributed by atoms with van der Waals surface area (Å²) in [7, 11) is 0. The molecule has 28 heavy (non-hydrogen) atoms. The number of anilines is 2. The Labute approximate surface area is 164 Å². The fourth-order valence-electron chi connectivity index (χ4n) is 5.38. The molecule has 0 aliphatic carbocycles. The van der Waals surface area contributed by atoms with Crippen molar-refractivity contribution in [1.82, 2.24) is 14.9 Å². The van der Waals surface area contributed by atoms with Gasteiger partial charge in [0.15, 0.2) is 0 Å². The van der Waals surface area contributed by atoms with E-state index in [9.17, 15) is 9.59 Å². The Bertz CT molecular complexity index is 925. The second-order valence-electron chi connectivity index (χ2n) is 8.53. The molecule has 0 unspecified atom stereocenters. The summed E-state index contributed by atoms with van der Waals surface area (Å²) < 4.78 is 0. The van der Waals surface area contributed by atoms with Crippen molar-refractivity contribution in [1.29, 1.82) is 0 Å². The molecule has 3 saturated heterocycles. The molecule has 2 aromatic rings. The minimum atomic E-state index is -0.212. The Morgan fingerprint density at radius 3 is 2.46 bits per heavy atom. The van der Waals surface area contributed by atoms with Crippen LogP contribution in [0.3, 0.4) is 0 Å². The number of H-pyrrole nitrogens is 2. The van der Waals surface area contributed by atoms with Crippen molar-refractivity contribution < 1.29 is 4.79 Å². The highest BCUT2D eigenvalue weighted by molar-refractivity contribution is 5.99. The number of nitrogens with zero attached hydrogens (tertiary/aromatic N) is 2. The molecule has 1 amide bonds. The second-order valence-corrected chi connectivity index (χ2v) is 8.53. The Morgan fingerprint density at radius 1 is 0.929 bits per heavy atom. The van der Waals surface area contributed by atoms with Crippen LogP contribution < -0.4 is 15.9 Å². The van der Waals surface area contributed by atoms with Gasteiger partial charge in [-0.1, -0.05) is 6.42 Å². The molecule has 3 N–H and O–H groups in total. The van der Waals surface area contributed by atoms with Crippen molar-refractivity contribution in [3.8, 4) is 0 Å². The Morgan fingerprint density at radius 2 is 1.64 bits per heavy atom. The molecular formula is C21H29N5O2. The smallest absolute Gasteiger partial charge is 0.323 e. The molecule has 3 fully saturated rings. The van der Waals surface area contributed by atoms with Gasteiger partial charge in [-0.2, -0.15) is 0 Å². The molecule has 7 heteroatoms. The number of rotatable bonds is 3. The molecule has 1 aromatic carbocycles. The first-order valence-electron chi connectivity index (χ1n) is 10.7. The maximum Gasteiger partial charge on any atom is 0.323 e. The van der Waals surface area contributed by atoms with E-state index >= 15 is 0 Å². The molecule has 0 radical (unpaired) electrons. The lowest BCUT2D eigenvalue weighted by molar-refractivity contribution is -0.124.